The molecule has 8 heteroatoms. The van der Waals surface area contributed by atoms with E-state index in [2.05, 4.69) is 15.5 Å². The second-order valence-corrected chi connectivity index (χ2v) is 6.71. The Morgan fingerprint density at radius 1 is 0.903 bits per heavy atom. The first-order valence-corrected chi connectivity index (χ1v) is 9.61. The molecule has 4 aromatic rings. The highest BCUT2D eigenvalue weighted by molar-refractivity contribution is 6.03. The lowest BCUT2D eigenvalue weighted by Gasteiger charge is -2.23. The van der Waals surface area contributed by atoms with Crippen LogP contribution in [-0.4, -0.2) is 22.7 Å². The third kappa shape index (κ3) is 4.18. The van der Waals surface area contributed by atoms with E-state index in [1.807, 2.05) is 48.5 Å². The maximum atomic E-state index is 12.6. The summed E-state index contributed by atoms with van der Waals surface area (Å²) in [6.45, 7) is 0.228. The standard InChI is InChI=1S/C23H17N3O5/c27-21(15-7-6-10-17(13-15)29-16-8-2-1-3-9-16)24-23-26-25-22(31-23)20-14-28-18-11-4-5-12-19(18)30-20/h1-13,20H,14H2,(H,24,26,27). The lowest BCUT2D eigenvalue weighted by atomic mass is 10.2. The maximum Gasteiger partial charge on any atom is 0.322 e. The van der Waals surface area contributed by atoms with Gasteiger partial charge in [0.25, 0.3) is 11.8 Å². The van der Waals surface area contributed by atoms with Gasteiger partial charge in [-0.1, -0.05) is 41.5 Å². The predicted molar refractivity (Wildman–Crippen MR) is 111 cm³/mol. The number of ether oxygens (including phenoxy) is 3. The maximum absolute atomic E-state index is 12.6. The number of amides is 1. The van der Waals surface area contributed by atoms with Gasteiger partial charge in [0.2, 0.25) is 6.10 Å². The first-order chi connectivity index (χ1) is 15.2. The van der Waals surface area contributed by atoms with Crippen LogP contribution in [0.5, 0.6) is 23.0 Å². The largest absolute Gasteiger partial charge is 0.485 e. The van der Waals surface area contributed by atoms with Crippen molar-refractivity contribution in [1.82, 2.24) is 10.2 Å². The van der Waals surface area contributed by atoms with Crippen LogP contribution in [0.15, 0.2) is 83.3 Å². The Morgan fingerprint density at radius 3 is 2.55 bits per heavy atom. The molecule has 2 heterocycles. The van der Waals surface area contributed by atoms with Gasteiger partial charge in [-0.2, -0.15) is 0 Å². The summed E-state index contributed by atoms with van der Waals surface area (Å²) >= 11 is 0. The number of hydrogen-bond acceptors (Lipinski definition) is 7. The molecular formula is C23H17N3O5. The van der Waals surface area contributed by atoms with E-state index in [4.69, 9.17) is 18.6 Å². The predicted octanol–water partition coefficient (Wildman–Crippen LogP) is 4.63. The highest BCUT2D eigenvalue weighted by Crippen LogP contribution is 2.35. The second-order valence-electron chi connectivity index (χ2n) is 6.71. The SMILES string of the molecule is O=C(Nc1nnc(C2COc3ccccc3O2)o1)c1cccc(Oc2ccccc2)c1. The van der Waals surface area contributed by atoms with Crippen molar-refractivity contribution in [2.45, 2.75) is 6.10 Å². The normalized spacial score (nSPS) is 14.6. The lowest BCUT2D eigenvalue weighted by molar-refractivity contribution is 0.0716. The molecule has 0 aliphatic carbocycles. The molecule has 3 aromatic carbocycles. The second kappa shape index (κ2) is 8.19. The van der Waals surface area contributed by atoms with Crippen molar-refractivity contribution in [2.75, 3.05) is 11.9 Å². The number of carbonyl (C=O) groups excluding carboxylic acids is 1. The van der Waals surface area contributed by atoms with Crippen LogP contribution in [0, 0.1) is 0 Å². The van der Waals surface area contributed by atoms with Gasteiger partial charge in [-0.05, 0) is 42.5 Å². The van der Waals surface area contributed by atoms with Crippen molar-refractivity contribution >= 4 is 11.9 Å². The zero-order valence-corrected chi connectivity index (χ0v) is 16.2. The fraction of sp³-hybridized carbons (Fsp3) is 0.0870. The van der Waals surface area contributed by atoms with E-state index >= 15 is 0 Å². The van der Waals surface area contributed by atoms with Gasteiger partial charge in [0.1, 0.15) is 18.1 Å². The van der Waals surface area contributed by atoms with Gasteiger partial charge in [-0.15, -0.1) is 5.10 Å². The Balaban J connectivity index is 1.26. The molecule has 0 saturated carbocycles. The Labute approximate surface area is 177 Å². The molecule has 1 atom stereocenters. The molecule has 1 aromatic heterocycles. The summed E-state index contributed by atoms with van der Waals surface area (Å²) < 4.78 is 22.8. The fourth-order valence-corrected chi connectivity index (χ4v) is 3.05. The summed E-state index contributed by atoms with van der Waals surface area (Å²) in [4.78, 5) is 12.6. The van der Waals surface area contributed by atoms with Gasteiger partial charge < -0.3 is 18.6 Å². The van der Waals surface area contributed by atoms with Crippen molar-refractivity contribution in [3.63, 3.8) is 0 Å². The third-order valence-corrected chi connectivity index (χ3v) is 4.52. The number of nitrogens with zero attached hydrogens (tertiary/aromatic N) is 2. The summed E-state index contributed by atoms with van der Waals surface area (Å²) in [7, 11) is 0. The van der Waals surface area contributed by atoms with Crippen LogP contribution < -0.4 is 19.5 Å². The Kier molecular flexibility index (Phi) is 4.94. The summed E-state index contributed by atoms with van der Waals surface area (Å²) in [5.74, 6) is 2.28. The van der Waals surface area contributed by atoms with Crippen molar-refractivity contribution in [3.05, 3.63) is 90.3 Å². The summed E-state index contributed by atoms with van der Waals surface area (Å²) in [5, 5.41) is 10.5. The van der Waals surface area contributed by atoms with E-state index in [9.17, 15) is 4.79 Å². The molecule has 0 spiro atoms. The van der Waals surface area contributed by atoms with E-state index in [0.29, 0.717) is 28.6 Å². The Bertz CT molecular complexity index is 1210. The highest BCUT2D eigenvalue weighted by Gasteiger charge is 2.27. The van der Waals surface area contributed by atoms with E-state index in [1.165, 1.54) is 0 Å². The zero-order valence-electron chi connectivity index (χ0n) is 16.2. The minimum absolute atomic E-state index is 0.0307. The molecule has 1 N–H and O–H groups in total. The molecule has 0 radical (unpaired) electrons. The Hall–Kier alpha value is -4.33. The first-order valence-electron chi connectivity index (χ1n) is 9.61. The smallest absolute Gasteiger partial charge is 0.322 e. The van der Waals surface area contributed by atoms with E-state index in [0.717, 1.165) is 0 Å². The van der Waals surface area contributed by atoms with Crippen LogP contribution in [0.1, 0.15) is 22.4 Å². The minimum Gasteiger partial charge on any atom is -0.485 e. The number of carbonyl (C=O) groups is 1. The highest BCUT2D eigenvalue weighted by atomic mass is 16.6. The zero-order chi connectivity index (χ0) is 21.0. The van der Waals surface area contributed by atoms with E-state index < -0.39 is 12.0 Å². The molecule has 0 bridgehead atoms. The average Bonchev–Trinajstić information content (AvgIpc) is 3.28. The quantitative estimate of drug-likeness (QED) is 0.508. The molecule has 1 aliphatic rings. The van der Waals surface area contributed by atoms with Crippen LogP contribution in [0.3, 0.4) is 0 Å². The van der Waals surface area contributed by atoms with Gasteiger partial charge in [-0.3, -0.25) is 10.1 Å². The van der Waals surface area contributed by atoms with Gasteiger partial charge in [-0.25, -0.2) is 0 Å². The van der Waals surface area contributed by atoms with Crippen LogP contribution in [-0.2, 0) is 0 Å². The number of nitrogens with one attached hydrogen (secondary N) is 1. The van der Waals surface area contributed by atoms with Crippen molar-refractivity contribution in [3.8, 4) is 23.0 Å². The molecule has 8 nitrogen and oxygen atoms in total. The van der Waals surface area contributed by atoms with Crippen LogP contribution >= 0.6 is 0 Å². The number of para-hydroxylation sites is 3. The molecule has 31 heavy (non-hydrogen) atoms. The molecule has 0 fully saturated rings. The van der Waals surface area contributed by atoms with Crippen molar-refractivity contribution < 1.29 is 23.4 Å². The van der Waals surface area contributed by atoms with Gasteiger partial charge in [0, 0.05) is 5.56 Å². The third-order valence-electron chi connectivity index (χ3n) is 4.52. The summed E-state index contributed by atoms with van der Waals surface area (Å²) in [6.07, 6.45) is -0.560. The van der Waals surface area contributed by atoms with E-state index in [1.54, 1.807) is 30.3 Å². The summed E-state index contributed by atoms with van der Waals surface area (Å²) in [5.41, 5.74) is 0.388. The number of benzene rings is 3. The number of rotatable bonds is 5. The number of aromatic nitrogens is 2. The van der Waals surface area contributed by atoms with Gasteiger partial charge >= 0.3 is 6.01 Å². The molecule has 5 rings (SSSR count). The number of anilines is 1. The van der Waals surface area contributed by atoms with E-state index in [-0.39, 0.29) is 18.5 Å². The average molecular weight is 415 g/mol. The molecule has 0 saturated heterocycles. The van der Waals surface area contributed by atoms with Crippen LogP contribution in [0.2, 0.25) is 0 Å². The van der Waals surface area contributed by atoms with Crippen LogP contribution in [0.4, 0.5) is 6.01 Å². The Morgan fingerprint density at radius 2 is 1.68 bits per heavy atom. The number of hydrogen-bond donors (Lipinski definition) is 1. The molecule has 1 amide bonds. The first kappa shape index (κ1) is 18.7. The molecule has 1 aliphatic heterocycles. The van der Waals surface area contributed by atoms with Crippen molar-refractivity contribution in [2.24, 2.45) is 0 Å². The molecule has 1 unspecified atom stereocenters. The van der Waals surface area contributed by atoms with Crippen molar-refractivity contribution in [1.29, 1.82) is 0 Å². The topological polar surface area (TPSA) is 95.7 Å². The number of fused-ring (bicyclic) bond motifs is 1. The fourth-order valence-electron chi connectivity index (χ4n) is 3.05. The van der Waals surface area contributed by atoms with Crippen LogP contribution in [0.25, 0.3) is 0 Å². The molecule has 154 valence electrons. The molecular weight excluding hydrogens is 398 g/mol. The monoisotopic (exact) mass is 415 g/mol. The van der Waals surface area contributed by atoms with Gasteiger partial charge in [0.15, 0.2) is 11.5 Å². The minimum atomic E-state index is -0.560. The van der Waals surface area contributed by atoms with Gasteiger partial charge in [0.05, 0.1) is 0 Å². The lowest BCUT2D eigenvalue weighted by Crippen LogP contribution is -2.21. The summed E-state index contributed by atoms with van der Waals surface area (Å²) in [6, 6.07) is 23.4.